The minimum absolute atomic E-state index is 0.325. The van der Waals surface area contributed by atoms with Crippen molar-refractivity contribution < 1.29 is 9.26 Å². The first-order valence-electron chi connectivity index (χ1n) is 5.97. The van der Waals surface area contributed by atoms with Crippen LogP contribution < -0.4 is 4.74 Å². The van der Waals surface area contributed by atoms with E-state index < -0.39 is 0 Å². The summed E-state index contributed by atoms with van der Waals surface area (Å²) in [6.07, 6.45) is 1.59. The number of hydrogen-bond donors (Lipinski definition) is 0. The van der Waals surface area contributed by atoms with Gasteiger partial charge in [-0.1, -0.05) is 5.16 Å². The highest BCUT2D eigenvalue weighted by molar-refractivity contribution is 7.15. The number of methoxy groups -OCH3 is 1. The van der Waals surface area contributed by atoms with Crippen molar-refractivity contribution in [3.05, 3.63) is 11.1 Å². The Kier molecular flexibility index (Phi) is 3.18. The monoisotopic (exact) mass is 292 g/mol. The SMILES string of the molecule is CCn1ncc(-c2nc(-c3nc(OC)c(C)s3)no2)n1. The van der Waals surface area contributed by atoms with Crippen LogP contribution in [0.5, 0.6) is 5.88 Å². The molecule has 3 aromatic rings. The maximum absolute atomic E-state index is 5.19. The van der Waals surface area contributed by atoms with E-state index in [0.717, 1.165) is 4.88 Å². The van der Waals surface area contributed by atoms with Crippen molar-refractivity contribution >= 4 is 11.3 Å². The molecule has 0 atom stereocenters. The molecule has 0 bridgehead atoms. The van der Waals surface area contributed by atoms with Crippen molar-refractivity contribution in [1.29, 1.82) is 0 Å². The van der Waals surface area contributed by atoms with E-state index in [1.807, 2.05) is 13.8 Å². The molecule has 0 spiro atoms. The number of nitrogens with zero attached hydrogens (tertiary/aromatic N) is 6. The van der Waals surface area contributed by atoms with Gasteiger partial charge in [0.05, 0.1) is 24.7 Å². The van der Waals surface area contributed by atoms with Crippen molar-refractivity contribution in [2.24, 2.45) is 0 Å². The predicted octanol–water partition coefficient (Wildman–Crippen LogP) is 1.79. The lowest BCUT2D eigenvalue weighted by Gasteiger charge is -1.90. The second-order valence-electron chi connectivity index (χ2n) is 3.93. The quantitative estimate of drug-likeness (QED) is 0.723. The van der Waals surface area contributed by atoms with E-state index in [1.165, 1.54) is 11.3 Å². The van der Waals surface area contributed by atoms with Crippen molar-refractivity contribution in [1.82, 2.24) is 30.1 Å². The molecule has 0 saturated carbocycles. The summed E-state index contributed by atoms with van der Waals surface area (Å²) in [4.78, 5) is 11.1. The van der Waals surface area contributed by atoms with Crippen LogP contribution in [-0.2, 0) is 6.54 Å². The van der Waals surface area contributed by atoms with Gasteiger partial charge >= 0.3 is 0 Å². The molecule has 0 aliphatic rings. The van der Waals surface area contributed by atoms with Gasteiger partial charge in [-0.25, -0.2) is 0 Å². The number of hydrogen-bond acceptors (Lipinski definition) is 8. The molecule has 3 heterocycles. The lowest BCUT2D eigenvalue weighted by atomic mass is 10.5. The highest BCUT2D eigenvalue weighted by atomic mass is 32.1. The molecule has 20 heavy (non-hydrogen) atoms. The molecule has 0 amide bonds. The molecule has 9 heteroatoms. The molecule has 0 fully saturated rings. The van der Waals surface area contributed by atoms with Gasteiger partial charge in [0.15, 0.2) is 10.7 Å². The smallest absolute Gasteiger partial charge is 0.280 e. The maximum atomic E-state index is 5.19. The average molecular weight is 292 g/mol. The van der Waals surface area contributed by atoms with Gasteiger partial charge in [-0.3, -0.25) is 0 Å². The molecular formula is C11H12N6O2S. The first-order valence-corrected chi connectivity index (χ1v) is 6.79. The fraction of sp³-hybridized carbons (Fsp3) is 0.364. The van der Waals surface area contributed by atoms with Crippen molar-refractivity contribution in [3.63, 3.8) is 0 Å². The Morgan fingerprint density at radius 3 is 2.90 bits per heavy atom. The van der Waals surface area contributed by atoms with Crippen LogP contribution in [0.25, 0.3) is 22.4 Å². The molecule has 0 radical (unpaired) electrons. The minimum atomic E-state index is 0.325. The Hall–Kier alpha value is -2.29. The molecule has 0 saturated heterocycles. The van der Waals surface area contributed by atoms with Gasteiger partial charge in [0, 0.05) is 0 Å². The molecular weight excluding hydrogens is 280 g/mol. The summed E-state index contributed by atoms with van der Waals surface area (Å²) >= 11 is 1.45. The standard InChI is InChI=1S/C11H12N6O2S/c1-4-17-12-5-7(15-17)10-13-8(16-19-10)11-14-9(18-3)6(2)20-11/h5H,4H2,1-3H3. The van der Waals surface area contributed by atoms with Crippen LogP contribution in [0.2, 0.25) is 0 Å². The fourth-order valence-electron chi connectivity index (χ4n) is 1.63. The van der Waals surface area contributed by atoms with E-state index in [2.05, 4.69) is 25.3 Å². The van der Waals surface area contributed by atoms with E-state index in [0.29, 0.717) is 34.8 Å². The highest BCUT2D eigenvalue weighted by Gasteiger charge is 2.18. The van der Waals surface area contributed by atoms with Crippen molar-refractivity contribution in [3.8, 4) is 28.3 Å². The maximum Gasteiger partial charge on any atom is 0.280 e. The zero-order chi connectivity index (χ0) is 14.1. The Morgan fingerprint density at radius 2 is 2.25 bits per heavy atom. The number of rotatable bonds is 4. The van der Waals surface area contributed by atoms with Crippen LogP contribution in [0.1, 0.15) is 11.8 Å². The van der Waals surface area contributed by atoms with E-state index in [-0.39, 0.29) is 0 Å². The zero-order valence-corrected chi connectivity index (χ0v) is 12.0. The molecule has 3 aromatic heterocycles. The normalized spacial score (nSPS) is 10.9. The number of aromatic nitrogens is 6. The van der Waals surface area contributed by atoms with Crippen LogP contribution in [0.3, 0.4) is 0 Å². The van der Waals surface area contributed by atoms with Gasteiger partial charge in [-0.05, 0) is 13.8 Å². The first kappa shape index (κ1) is 12.7. The molecule has 0 aliphatic carbocycles. The Morgan fingerprint density at radius 1 is 1.40 bits per heavy atom. The molecule has 3 rings (SSSR count). The van der Waals surface area contributed by atoms with Gasteiger partial charge in [-0.15, -0.1) is 16.4 Å². The Labute approximate surface area is 118 Å². The number of thiazole rings is 1. The second-order valence-corrected chi connectivity index (χ2v) is 5.13. The molecule has 0 unspecified atom stereocenters. The molecule has 0 aromatic carbocycles. The fourth-order valence-corrected chi connectivity index (χ4v) is 2.44. The van der Waals surface area contributed by atoms with E-state index in [9.17, 15) is 0 Å². The predicted molar refractivity (Wildman–Crippen MR) is 71.4 cm³/mol. The summed E-state index contributed by atoms with van der Waals surface area (Å²) in [5.41, 5.74) is 0.547. The summed E-state index contributed by atoms with van der Waals surface area (Å²) in [5, 5.41) is 12.8. The van der Waals surface area contributed by atoms with Crippen LogP contribution in [0.15, 0.2) is 10.7 Å². The third kappa shape index (κ3) is 2.16. The van der Waals surface area contributed by atoms with Crippen LogP contribution in [0, 0.1) is 6.92 Å². The summed E-state index contributed by atoms with van der Waals surface area (Å²) in [6, 6.07) is 0. The van der Waals surface area contributed by atoms with E-state index in [1.54, 1.807) is 18.1 Å². The van der Waals surface area contributed by atoms with Gasteiger partial charge in [0.2, 0.25) is 11.7 Å². The van der Waals surface area contributed by atoms with Crippen molar-refractivity contribution in [2.75, 3.05) is 7.11 Å². The minimum Gasteiger partial charge on any atom is -0.480 e. The van der Waals surface area contributed by atoms with E-state index in [4.69, 9.17) is 9.26 Å². The summed E-state index contributed by atoms with van der Waals surface area (Å²) in [6.45, 7) is 4.56. The Bertz CT molecular complexity index is 731. The van der Waals surface area contributed by atoms with Gasteiger partial charge < -0.3 is 9.26 Å². The zero-order valence-electron chi connectivity index (χ0n) is 11.2. The molecule has 104 valence electrons. The van der Waals surface area contributed by atoms with Gasteiger partial charge in [0.25, 0.3) is 5.89 Å². The van der Waals surface area contributed by atoms with Gasteiger partial charge in [-0.2, -0.15) is 19.9 Å². The third-order valence-corrected chi connectivity index (χ3v) is 3.55. The van der Waals surface area contributed by atoms with Crippen LogP contribution >= 0.6 is 11.3 Å². The summed E-state index contributed by atoms with van der Waals surface area (Å²) in [5.74, 6) is 1.32. The summed E-state index contributed by atoms with van der Waals surface area (Å²) < 4.78 is 10.3. The third-order valence-electron chi connectivity index (χ3n) is 2.60. The summed E-state index contributed by atoms with van der Waals surface area (Å²) in [7, 11) is 1.58. The van der Waals surface area contributed by atoms with Crippen LogP contribution in [0.4, 0.5) is 0 Å². The Balaban J connectivity index is 1.92. The largest absolute Gasteiger partial charge is 0.480 e. The topological polar surface area (TPSA) is 91.8 Å². The van der Waals surface area contributed by atoms with E-state index >= 15 is 0 Å². The second kappa shape index (κ2) is 5.00. The highest BCUT2D eigenvalue weighted by Crippen LogP contribution is 2.30. The lowest BCUT2D eigenvalue weighted by Crippen LogP contribution is -1.97. The molecule has 8 nitrogen and oxygen atoms in total. The molecule has 0 N–H and O–H groups in total. The number of ether oxygens (including phenoxy) is 1. The lowest BCUT2D eigenvalue weighted by molar-refractivity contribution is 0.398. The van der Waals surface area contributed by atoms with Crippen molar-refractivity contribution in [2.45, 2.75) is 20.4 Å². The average Bonchev–Trinajstić information content (AvgIpc) is 3.16. The first-order chi connectivity index (χ1) is 9.71. The van der Waals surface area contributed by atoms with Crippen LogP contribution in [-0.4, -0.2) is 37.2 Å². The molecule has 0 aliphatic heterocycles. The van der Waals surface area contributed by atoms with Gasteiger partial charge in [0.1, 0.15) is 0 Å². The number of aryl methyl sites for hydroxylation is 2.